The van der Waals surface area contributed by atoms with Gasteiger partial charge in [-0.15, -0.1) is 5.10 Å². The fraction of sp³-hybridized carbons (Fsp3) is 0.250. The van der Waals surface area contributed by atoms with Crippen molar-refractivity contribution in [1.82, 2.24) is 39.2 Å². The van der Waals surface area contributed by atoms with Gasteiger partial charge in [-0.1, -0.05) is 11.3 Å². The van der Waals surface area contributed by atoms with Gasteiger partial charge < -0.3 is 14.3 Å². The Balaban J connectivity index is 1.16. The molecule has 0 aliphatic heterocycles. The first kappa shape index (κ1) is 19.8. The molecular weight excluding hydrogens is 419 g/mol. The molecule has 0 amide bonds. The molecule has 166 valence electrons. The zero-order valence-corrected chi connectivity index (χ0v) is 18.0. The average molecular weight is 443 g/mol. The Hall–Kier alpha value is -3.85. The van der Waals surface area contributed by atoms with Crippen molar-refractivity contribution >= 4 is 5.65 Å². The van der Waals surface area contributed by atoms with Gasteiger partial charge in [-0.2, -0.15) is 0 Å². The van der Waals surface area contributed by atoms with Gasteiger partial charge in [-0.05, 0) is 42.7 Å². The molecule has 0 atom stereocenters. The zero-order valence-electron chi connectivity index (χ0n) is 18.0. The SMILES string of the molecule is FC1(CNCc2ccc3nc(Cn4cc(-c5cncc(-n6cccc6)c5)nn4)cn3c2)CC1. The maximum absolute atomic E-state index is 13.8. The van der Waals surface area contributed by atoms with Crippen molar-refractivity contribution < 1.29 is 4.39 Å². The topological polar surface area (TPSA) is 77.9 Å². The molecular formula is C24H23FN8. The van der Waals surface area contributed by atoms with Gasteiger partial charge in [0, 0.05) is 49.6 Å². The van der Waals surface area contributed by atoms with E-state index in [1.807, 2.05) is 76.5 Å². The molecule has 5 aromatic rings. The Kier molecular flexibility index (Phi) is 4.76. The highest BCUT2D eigenvalue weighted by Crippen LogP contribution is 2.38. The molecule has 0 saturated heterocycles. The van der Waals surface area contributed by atoms with E-state index < -0.39 is 5.67 Å². The number of halogens is 1. The predicted octanol–water partition coefficient (Wildman–Crippen LogP) is 3.42. The fourth-order valence-electron chi connectivity index (χ4n) is 3.90. The zero-order chi connectivity index (χ0) is 22.3. The molecule has 33 heavy (non-hydrogen) atoms. The minimum Gasteiger partial charge on any atom is -0.322 e. The van der Waals surface area contributed by atoms with E-state index in [2.05, 4.69) is 25.6 Å². The summed E-state index contributed by atoms with van der Waals surface area (Å²) < 4.78 is 19.5. The number of hydrogen-bond donors (Lipinski definition) is 1. The second-order valence-electron chi connectivity index (χ2n) is 8.61. The van der Waals surface area contributed by atoms with Crippen molar-refractivity contribution in [1.29, 1.82) is 0 Å². The monoisotopic (exact) mass is 442 g/mol. The molecule has 0 aromatic carbocycles. The normalized spacial score (nSPS) is 14.7. The average Bonchev–Trinajstić information content (AvgIpc) is 3.28. The molecule has 0 bridgehead atoms. The van der Waals surface area contributed by atoms with Gasteiger partial charge >= 0.3 is 0 Å². The Labute approximate surface area is 189 Å². The van der Waals surface area contributed by atoms with E-state index in [0.29, 0.717) is 32.5 Å². The number of hydrogen-bond acceptors (Lipinski definition) is 5. The molecule has 0 radical (unpaired) electrons. The van der Waals surface area contributed by atoms with Crippen LogP contribution in [0.15, 0.2) is 73.7 Å². The predicted molar refractivity (Wildman–Crippen MR) is 122 cm³/mol. The molecule has 5 aromatic heterocycles. The van der Waals surface area contributed by atoms with Crippen molar-refractivity contribution in [3.63, 3.8) is 0 Å². The van der Waals surface area contributed by atoms with E-state index >= 15 is 0 Å². The first-order valence-corrected chi connectivity index (χ1v) is 11.0. The van der Waals surface area contributed by atoms with Gasteiger partial charge in [0.1, 0.15) is 17.0 Å². The molecule has 9 heteroatoms. The van der Waals surface area contributed by atoms with Crippen LogP contribution in [0.2, 0.25) is 0 Å². The minimum atomic E-state index is -0.984. The van der Waals surface area contributed by atoms with Crippen LogP contribution in [0.5, 0.6) is 0 Å². The maximum atomic E-state index is 13.8. The molecule has 0 spiro atoms. The number of aromatic nitrogens is 7. The van der Waals surface area contributed by atoms with Crippen molar-refractivity contribution in [3.05, 3.63) is 85.0 Å². The van der Waals surface area contributed by atoms with Crippen LogP contribution in [0.3, 0.4) is 0 Å². The van der Waals surface area contributed by atoms with Crippen molar-refractivity contribution in [2.24, 2.45) is 0 Å². The minimum absolute atomic E-state index is 0.415. The lowest BCUT2D eigenvalue weighted by molar-refractivity contribution is 0.295. The first-order chi connectivity index (χ1) is 16.1. The summed E-state index contributed by atoms with van der Waals surface area (Å²) in [6.45, 7) is 1.56. The standard InChI is InChI=1S/C24H23FN8/c25-24(5-6-24)17-27-10-18-3-4-23-28-20(14-32(23)13-18)15-33-16-22(29-30-33)19-9-21(12-26-11-19)31-7-1-2-8-31/h1-4,7-9,11-14,16,27H,5-6,10,15,17H2. The number of nitrogens with zero attached hydrogens (tertiary/aromatic N) is 7. The number of alkyl halides is 1. The molecule has 5 heterocycles. The van der Waals surface area contributed by atoms with Gasteiger partial charge in [0.25, 0.3) is 0 Å². The van der Waals surface area contributed by atoms with Gasteiger partial charge in [0.05, 0.1) is 30.3 Å². The first-order valence-electron chi connectivity index (χ1n) is 11.0. The largest absolute Gasteiger partial charge is 0.322 e. The van der Waals surface area contributed by atoms with Gasteiger partial charge in [0.2, 0.25) is 0 Å². The van der Waals surface area contributed by atoms with Gasteiger partial charge in [-0.3, -0.25) is 4.98 Å². The van der Waals surface area contributed by atoms with E-state index in [4.69, 9.17) is 0 Å². The van der Waals surface area contributed by atoms with Crippen LogP contribution in [0.1, 0.15) is 24.1 Å². The van der Waals surface area contributed by atoms with Gasteiger partial charge in [-0.25, -0.2) is 14.1 Å². The third kappa shape index (κ3) is 4.27. The lowest BCUT2D eigenvalue weighted by Gasteiger charge is -2.07. The van der Waals surface area contributed by atoms with Crippen molar-refractivity contribution in [2.75, 3.05) is 6.54 Å². The number of pyridine rings is 2. The van der Waals surface area contributed by atoms with Crippen LogP contribution in [0, 0.1) is 0 Å². The third-order valence-corrected chi connectivity index (χ3v) is 5.91. The van der Waals surface area contributed by atoms with Crippen LogP contribution in [0.4, 0.5) is 4.39 Å². The summed E-state index contributed by atoms with van der Waals surface area (Å²) in [6.07, 6.45) is 14.8. The molecule has 6 rings (SSSR count). The van der Waals surface area contributed by atoms with E-state index in [-0.39, 0.29) is 0 Å². The number of nitrogens with one attached hydrogen (secondary N) is 1. The summed E-state index contributed by atoms with van der Waals surface area (Å²) in [5.41, 5.74) is 4.49. The molecule has 1 N–H and O–H groups in total. The number of fused-ring (bicyclic) bond motifs is 1. The summed E-state index contributed by atoms with van der Waals surface area (Å²) in [5.74, 6) is 0. The second-order valence-corrected chi connectivity index (χ2v) is 8.61. The lowest BCUT2D eigenvalue weighted by Crippen LogP contribution is -2.24. The van der Waals surface area contributed by atoms with E-state index in [0.717, 1.165) is 33.8 Å². The smallest absolute Gasteiger partial charge is 0.137 e. The van der Waals surface area contributed by atoms with Crippen LogP contribution in [-0.2, 0) is 13.1 Å². The molecule has 1 fully saturated rings. The molecule has 1 aliphatic rings. The fourth-order valence-corrected chi connectivity index (χ4v) is 3.90. The summed E-state index contributed by atoms with van der Waals surface area (Å²) in [7, 11) is 0. The third-order valence-electron chi connectivity index (χ3n) is 5.91. The van der Waals surface area contributed by atoms with Crippen LogP contribution < -0.4 is 5.32 Å². The quantitative estimate of drug-likeness (QED) is 0.398. The Morgan fingerprint density at radius 1 is 1.06 bits per heavy atom. The van der Waals surface area contributed by atoms with Crippen molar-refractivity contribution in [3.8, 4) is 16.9 Å². The highest BCUT2D eigenvalue weighted by molar-refractivity contribution is 5.59. The van der Waals surface area contributed by atoms with Crippen LogP contribution >= 0.6 is 0 Å². The Morgan fingerprint density at radius 3 is 2.79 bits per heavy atom. The highest BCUT2D eigenvalue weighted by Gasteiger charge is 2.42. The van der Waals surface area contributed by atoms with Gasteiger partial charge in [0.15, 0.2) is 0 Å². The Bertz CT molecular complexity index is 1400. The molecule has 0 unspecified atom stereocenters. The molecule has 1 aliphatic carbocycles. The summed E-state index contributed by atoms with van der Waals surface area (Å²) >= 11 is 0. The molecule has 1 saturated carbocycles. The summed E-state index contributed by atoms with van der Waals surface area (Å²) in [4.78, 5) is 9.03. The maximum Gasteiger partial charge on any atom is 0.137 e. The Morgan fingerprint density at radius 2 is 1.94 bits per heavy atom. The molecule has 8 nitrogen and oxygen atoms in total. The summed E-state index contributed by atoms with van der Waals surface area (Å²) in [5, 5.41) is 11.8. The van der Waals surface area contributed by atoms with Crippen LogP contribution in [0.25, 0.3) is 22.6 Å². The van der Waals surface area contributed by atoms with E-state index in [9.17, 15) is 4.39 Å². The lowest BCUT2D eigenvalue weighted by atomic mass is 10.2. The van der Waals surface area contributed by atoms with Crippen LogP contribution in [-0.4, -0.2) is 46.1 Å². The number of imidazole rings is 1. The highest BCUT2D eigenvalue weighted by atomic mass is 19.1. The van der Waals surface area contributed by atoms with Crippen molar-refractivity contribution in [2.45, 2.75) is 31.6 Å². The van der Waals surface area contributed by atoms with E-state index in [1.165, 1.54) is 0 Å². The second kappa shape index (κ2) is 7.93. The van der Waals surface area contributed by atoms with E-state index in [1.54, 1.807) is 10.9 Å². The summed E-state index contributed by atoms with van der Waals surface area (Å²) in [6, 6.07) is 9.99. The number of rotatable bonds is 8.